The number of hydrogen-bond acceptors (Lipinski definition) is 7. The van der Waals surface area contributed by atoms with E-state index in [0.717, 1.165) is 16.1 Å². The van der Waals surface area contributed by atoms with E-state index in [1.165, 1.54) is 12.1 Å². The highest BCUT2D eigenvalue weighted by Crippen LogP contribution is 2.29. The van der Waals surface area contributed by atoms with E-state index in [1.54, 1.807) is 47.4 Å². The smallest absolute Gasteiger partial charge is 0.410 e. The second-order valence-corrected chi connectivity index (χ2v) is 12.2. The largest absolute Gasteiger partial charge is 0.489 e. The molecule has 0 aliphatic carbocycles. The number of carbonyl (C=O) groups excluding carboxylic acids is 2. The van der Waals surface area contributed by atoms with Crippen molar-refractivity contribution < 1.29 is 27.5 Å². The molecule has 3 rings (SSSR count). The predicted octanol–water partition coefficient (Wildman–Crippen LogP) is 3.91. The van der Waals surface area contributed by atoms with Crippen molar-refractivity contribution >= 4 is 33.8 Å². The van der Waals surface area contributed by atoms with Crippen molar-refractivity contribution in [1.82, 2.24) is 4.90 Å². The van der Waals surface area contributed by atoms with Gasteiger partial charge in [-0.25, -0.2) is 13.2 Å². The number of nitrogens with two attached hydrogens (primary N) is 1. The van der Waals surface area contributed by atoms with E-state index in [9.17, 15) is 18.0 Å². The van der Waals surface area contributed by atoms with Crippen molar-refractivity contribution in [1.29, 1.82) is 5.26 Å². The highest BCUT2D eigenvalue weighted by molar-refractivity contribution is 7.92. The Morgan fingerprint density at radius 1 is 1.18 bits per heavy atom. The Morgan fingerprint density at radius 2 is 1.87 bits per heavy atom. The lowest BCUT2D eigenvalue weighted by molar-refractivity contribution is 0.0126. The normalized spacial score (nSPS) is 14.6. The Hall–Kier alpha value is -4.04. The molecule has 208 valence electrons. The summed E-state index contributed by atoms with van der Waals surface area (Å²) in [5.74, 6) is -0.505. The lowest BCUT2D eigenvalue weighted by Gasteiger charge is -2.33. The lowest BCUT2D eigenvalue weighted by Crippen LogP contribution is -2.44. The van der Waals surface area contributed by atoms with Crippen molar-refractivity contribution in [3.8, 4) is 11.8 Å². The van der Waals surface area contributed by atoms with E-state index >= 15 is 0 Å². The van der Waals surface area contributed by atoms with Crippen LogP contribution in [0.2, 0.25) is 0 Å². The lowest BCUT2D eigenvalue weighted by atomic mass is 10.1. The van der Waals surface area contributed by atoms with E-state index in [4.69, 9.17) is 20.5 Å². The number of nitrogens with zero attached hydrogens (tertiary/aromatic N) is 3. The minimum Gasteiger partial charge on any atom is -0.489 e. The zero-order chi connectivity index (χ0) is 28.8. The molecule has 1 aliphatic rings. The van der Waals surface area contributed by atoms with Crippen molar-refractivity contribution in [2.24, 2.45) is 5.73 Å². The fraction of sp³-hybridized carbons (Fsp3) is 0.393. The monoisotopic (exact) mass is 554 g/mol. The molecular formula is C28H34N4O6S. The predicted molar refractivity (Wildman–Crippen MR) is 149 cm³/mol. The highest BCUT2D eigenvalue weighted by atomic mass is 32.2. The SMILES string of the molecule is CC(C)(C)OC(=O)N1CCC(Oc2ccc(N(C/C=C/c3cccc(C#N)c3)S(C)(=O)=O)cc2C(N)=O)CC1. The molecule has 0 atom stereocenters. The quantitative estimate of drug-likeness (QED) is 0.521. The van der Waals surface area contributed by atoms with Gasteiger partial charge in [-0.05, 0) is 56.7 Å². The molecule has 0 unspecified atom stereocenters. The molecule has 39 heavy (non-hydrogen) atoms. The molecule has 11 heteroatoms. The molecule has 1 aliphatic heterocycles. The van der Waals surface area contributed by atoms with Crippen LogP contribution in [0.25, 0.3) is 6.08 Å². The molecule has 2 amide bonds. The fourth-order valence-corrected chi connectivity index (χ4v) is 4.91. The first-order valence-corrected chi connectivity index (χ1v) is 14.3. The van der Waals surface area contributed by atoms with Gasteiger partial charge in [-0.1, -0.05) is 24.3 Å². The molecule has 0 aromatic heterocycles. The molecule has 0 radical (unpaired) electrons. The number of anilines is 1. The molecule has 2 aromatic rings. The van der Waals surface area contributed by atoms with Gasteiger partial charge < -0.3 is 20.1 Å². The Kier molecular flexibility index (Phi) is 9.24. The van der Waals surface area contributed by atoms with Gasteiger partial charge in [0.1, 0.15) is 17.5 Å². The Morgan fingerprint density at radius 3 is 2.46 bits per heavy atom. The van der Waals surface area contributed by atoms with E-state index in [0.29, 0.717) is 31.5 Å². The number of amides is 2. The van der Waals surface area contributed by atoms with Crippen LogP contribution < -0.4 is 14.8 Å². The van der Waals surface area contributed by atoms with Crippen molar-refractivity contribution in [2.75, 3.05) is 30.2 Å². The van der Waals surface area contributed by atoms with Gasteiger partial charge >= 0.3 is 6.09 Å². The number of hydrogen-bond donors (Lipinski definition) is 1. The third-order valence-corrected chi connectivity index (χ3v) is 7.06. The zero-order valence-corrected chi connectivity index (χ0v) is 23.4. The molecule has 1 heterocycles. The van der Waals surface area contributed by atoms with Crippen molar-refractivity contribution in [3.63, 3.8) is 0 Å². The van der Waals surface area contributed by atoms with Crippen molar-refractivity contribution in [3.05, 3.63) is 65.2 Å². The topological polar surface area (TPSA) is 143 Å². The number of sulfonamides is 1. The van der Waals surface area contributed by atoms with Gasteiger partial charge in [0.25, 0.3) is 5.91 Å². The number of piperidine rings is 1. The molecule has 10 nitrogen and oxygen atoms in total. The molecule has 2 N–H and O–H groups in total. The van der Waals surface area contributed by atoms with Crippen LogP contribution >= 0.6 is 0 Å². The molecule has 0 bridgehead atoms. The van der Waals surface area contributed by atoms with Gasteiger partial charge in [0.05, 0.1) is 35.7 Å². The number of nitriles is 1. The van der Waals surface area contributed by atoms with Gasteiger partial charge in [-0.3, -0.25) is 9.10 Å². The summed E-state index contributed by atoms with van der Waals surface area (Å²) in [7, 11) is -3.71. The maximum absolute atomic E-state index is 12.6. The second-order valence-electron chi connectivity index (χ2n) is 10.3. The first kappa shape index (κ1) is 29.5. The van der Waals surface area contributed by atoms with Crippen LogP contribution in [0, 0.1) is 11.3 Å². The number of likely N-dealkylation sites (tertiary alicyclic amines) is 1. The summed E-state index contributed by atoms with van der Waals surface area (Å²) in [6, 6.07) is 13.5. The van der Waals surface area contributed by atoms with Gasteiger partial charge in [-0.15, -0.1) is 0 Å². The minimum absolute atomic E-state index is 0.00283. The van der Waals surface area contributed by atoms with Crippen LogP contribution in [-0.4, -0.2) is 62.9 Å². The maximum Gasteiger partial charge on any atom is 0.410 e. The van der Waals surface area contributed by atoms with Crippen LogP contribution in [0.4, 0.5) is 10.5 Å². The molecule has 0 saturated carbocycles. The third-order valence-electron chi connectivity index (χ3n) is 5.90. The summed E-state index contributed by atoms with van der Waals surface area (Å²) >= 11 is 0. The third kappa shape index (κ3) is 8.48. The average molecular weight is 555 g/mol. The average Bonchev–Trinajstić information content (AvgIpc) is 2.85. The molecule has 1 saturated heterocycles. The van der Waals surface area contributed by atoms with Gasteiger partial charge in [0.15, 0.2) is 0 Å². The standard InChI is InChI=1S/C28H34N4O6S/c1-28(2,3)38-27(34)31-15-12-23(13-16-31)37-25-11-10-22(18-24(25)26(30)33)32(39(4,35)36)14-6-9-20-7-5-8-21(17-20)19-29/h5-11,17-18,23H,12-16H2,1-4H3,(H2,30,33)/b9-6+. The maximum atomic E-state index is 12.6. The van der Waals surface area contributed by atoms with Gasteiger partial charge in [0, 0.05) is 25.9 Å². The number of rotatable bonds is 8. The number of primary amides is 1. The fourth-order valence-electron chi connectivity index (χ4n) is 4.06. The second kappa shape index (κ2) is 12.2. The summed E-state index contributed by atoms with van der Waals surface area (Å²) < 4.78 is 37.8. The highest BCUT2D eigenvalue weighted by Gasteiger charge is 2.28. The van der Waals surface area contributed by atoms with Crippen LogP contribution in [0.3, 0.4) is 0 Å². The Bertz CT molecular complexity index is 1380. The van der Waals surface area contributed by atoms with Gasteiger partial charge in [0.2, 0.25) is 10.0 Å². The number of benzene rings is 2. The van der Waals surface area contributed by atoms with Crippen LogP contribution in [0.1, 0.15) is 55.1 Å². The Labute approximate surface area is 229 Å². The molecule has 2 aromatic carbocycles. The minimum atomic E-state index is -3.71. The number of ether oxygens (including phenoxy) is 2. The summed E-state index contributed by atoms with van der Waals surface area (Å²) in [6.07, 6.45) is 4.88. The zero-order valence-electron chi connectivity index (χ0n) is 22.6. The Balaban J connectivity index is 1.74. The number of carbonyl (C=O) groups is 2. The van der Waals surface area contributed by atoms with Crippen LogP contribution in [0.15, 0.2) is 48.5 Å². The molecule has 0 spiro atoms. The van der Waals surface area contributed by atoms with Crippen LogP contribution in [-0.2, 0) is 14.8 Å². The van der Waals surface area contributed by atoms with Crippen molar-refractivity contribution in [2.45, 2.75) is 45.3 Å². The molecular weight excluding hydrogens is 520 g/mol. The van der Waals surface area contributed by atoms with Gasteiger partial charge in [-0.2, -0.15) is 5.26 Å². The summed E-state index contributed by atoms with van der Waals surface area (Å²) in [5, 5.41) is 9.07. The first-order chi connectivity index (χ1) is 18.3. The summed E-state index contributed by atoms with van der Waals surface area (Å²) in [4.78, 5) is 26.2. The van der Waals surface area contributed by atoms with E-state index in [-0.39, 0.29) is 35.7 Å². The summed E-state index contributed by atoms with van der Waals surface area (Å²) in [5.41, 5.74) is 6.60. The van der Waals surface area contributed by atoms with E-state index in [1.807, 2.05) is 20.8 Å². The summed E-state index contributed by atoms with van der Waals surface area (Å²) in [6.45, 7) is 6.31. The first-order valence-electron chi connectivity index (χ1n) is 12.5. The molecule has 1 fully saturated rings. The van der Waals surface area contributed by atoms with E-state index < -0.39 is 21.5 Å². The van der Waals surface area contributed by atoms with Crippen LogP contribution in [0.5, 0.6) is 5.75 Å². The van der Waals surface area contributed by atoms with E-state index in [2.05, 4.69) is 6.07 Å².